The Hall–Kier alpha value is -5.49. The number of allylic oxidation sites excluding steroid dienone is 30. The maximum Gasteiger partial charge on any atom is 0.306 e. The molecule has 0 saturated heterocycles. The molecule has 422 valence electrons. The second-order valence-corrected chi connectivity index (χ2v) is 18.8. The molecule has 0 saturated carbocycles. The van der Waals surface area contributed by atoms with Crippen LogP contribution in [0.2, 0.25) is 0 Å². The van der Waals surface area contributed by atoms with Crippen molar-refractivity contribution in [2.45, 2.75) is 226 Å². The third-order valence-electron chi connectivity index (χ3n) is 11.7. The van der Waals surface area contributed by atoms with Crippen molar-refractivity contribution in [1.29, 1.82) is 0 Å². The van der Waals surface area contributed by atoms with Gasteiger partial charge in [-0.1, -0.05) is 248 Å². The molecule has 0 aromatic carbocycles. The van der Waals surface area contributed by atoms with Gasteiger partial charge in [-0.2, -0.15) is 0 Å². The van der Waals surface area contributed by atoms with Gasteiger partial charge in [-0.05, 0) is 135 Å². The van der Waals surface area contributed by atoms with E-state index in [0.717, 1.165) is 135 Å². The lowest BCUT2D eigenvalue weighted by Crippen LogP contribution is -2.30. The summed E-state index contributed by atoms with van der Waals surface area (Å²) in [5, 5.41) is 0. The van der Waals surface area contributed by atoms with E-state index in [0.29, 0.717) is 19.3 Å². The maximum atomic E-state index is 12.8. The first-order valence-corrected chi connectivity index (χ1v) is 29.8. The molecule has 1 unspecified atom stereocenters. The average Bonchev–Trinajstić information content (AvgIpc) is 3.42. The number of hydrogen-bond donors (Lipinski definition) is 0. The molecule has 0 aromatic rings. The molecule has 0 aliphatic carbocycles. The highest BCUT2D eigenvalue weighted by molar-refractivity contribution is 5.71. The van der Waals surface area contributed by atoms with E-state index in [1.165, 1.54) is 32.1 Å². The predicted molar refractivity (Wildman–Crippen MR) is 329 cm³/mol. The summed E-state index contributed by atoms with van der Waals surface area (Å²) in [6.07, 6.45) is 93.4. The maximum absolute atomic E-state index is 12.8. The zero-order valence-corrected chi connectivity index (χ0v) is 48.2. The normalized spacial score (nSPS) is 13.5. The molecule has 0 aliphatic rings. The first kappa shape index (κ1) is 70.5. The number of unbranched alkanes of at least 4 members (excludes halogenated alkanes) is 10. The molecule has 0 bridgehead atoms. The second kappa shape index (κ2) is 62.1. The predicted octanol–water partition coefficient (Wildman–Crippen LogP) is 20.5. The van der Waals surface area contributed by atoms with Crippen LogP contribution in [0.5, 0.6) is 0 Å². The summed E-state index contributed by atoms with van der Waals surface area (Å²) in [6.45, 7) is 6.27. The van der Waals surface area contributed by atoms with Crippen molar-refractivity contribution in [2.75, 3.05) is 13.2 Å². The summed E-state index contributed by atoms with van der Waals surface area (Å²) in [5.74, 6) is -1.05. The van der Waals surface area contributed by atoms with Crippen molar-refractivity contribution >= 4 is 17.9 Å². The average molecular weight is 1040 g/mol. The Kier molecular flexibility index (Phi) is 57.6. The van der Waals surface area contributed by atoms with Crippen LogP contribution in [0.25, 0.3) is 0 Å². The molecule has 6 heteroatoms. The minimum atomic E-state index is -0.835. The molecule has 0 amide bonds. The number of carbonyl (C=O) groups is 3. The molecule has 0 aromatic heterocycles. The zero-order chi connectivity index (χ0) is 55.0. The van der Waals surface area contributed by atoms with E-state index in [4.69, 9.17) is 14.2 Å². The van der Waals surface area contributed by atoms with E-state index in [1.807, 2.05) is 0 Å². The zero-order valence-electron chi connectivity index (χ0n) is 48.2. The van der Waals surface area contributed by atoms with Crippen LogP contribution in [-0.4, -0.2) is 37.2 Å². The van der Waals surface area contributed by atoms with Gasteiger partial charge in [0.15, 0.2) is 6.10 Å². The quantitative estimate of drug-likeness (QED) is 0.0261. The van der Waals surface area contributed by atoms with E-state index in [-0.39, 0.29) is 44.0 Å². The molecular formula is C70H106O6. The second-order valence-electron chi connectivity index (χ2n) is 18.8. The van der Waals surface area contributed by atoms with Gasteiger partial charge < -0.3 is 14.2 Å². The van der Waals surface area contributed by atoms with Crippen LogP contribution in [0.3, 0.4) is 0 Å². The van der Waals surface area contributed by atoms with Gasteiger partial charge in [0, 0.05) is 19.3 Å². The molecule has 0 spiro atoms. The van der Waals surface area contributed by atoms with Gasteiger partial charge in [0.1, 0.15) is 13.2 Å². The lowest BCUT2D eigenvalue weighted by Gasteiger charge is -2.18. The molecule has 0 rings (SSSR count). The van der Waals surface area contributed by atoms with Crippen molar-refractivity contribution in [3.63, 3.8) is 0 Å². The summed E-state index contributed by atoms with van der Waals surface area (Å²) >= 11 is 0. The summed E-state index contributed by atoms with van der Waals surface area (Å²) in [5.41, 5.74) is 0. The van der Waals surface area contributed by atoms with Crippen LogP contribution in [0.4, 0.5) is 0 Å². The van der Waals surface area contributed by atoms with E-state index in [1.54, 1.807) is 0 Å². The van der Waals surface area contributed by atoms with E-state index in [9.17, 15) is 14.4 Å². The Morgan fingerprint density at radius 3 is 0.842 bits per heavy atom. The summed E-state index contributed by atoms with van der Waals surface area (Å²) in [4.78, 5) is 38.0. The van der Waals surface area contributed by atoms with Crippen molar-refractivity contribution in [3.05, 3.63) is 182 Å². The lowest BCUT2D eigenvalue weighted by atomic mass is 10.1. The van der Waals surface area contributed by atoms with Crippen LogP contribution in [0, 0.1) is 0 Å². The summed E-state index contributed by atoms with van der Waals surface area (Å²) < 4.78 is 16.7. The molecule has 0 fully saturated rings. The minimum absolute atomic E-state index is 0.124. The Morgan fingerprint density at radius 2 is 0.526 bits per heavy atom. The third-order valence-corrected chi connectivity index (χ3v) is 11.7. The largest absolute Gasteiger partial charge is 0.462 e. The topological polar surface area (TPSA) is 78.9 Å². The molecule has 76 heavy (non-hydrogen) atoms. The van der Waals surface area contributed by atoms with Gasteiger partial charge in [0.2, 0.25) is 0 Å². The highest BCUT2D eigenvalue weighted by atomic mass is 16.6. The number of rotatable bonds is 51. The smallest absolute Gasteiger partial charge is 0.306 e. The van der Waals surface area contributed by atoms with Gasteiger partial charge in [-0.15, -0.1) is 0 Å². The van der Waals surface area contributed by atoms with E-state index in [2.05, 4.69) is 203 Å². The number of carbonyl (C=O) groups excluding carboxylic acids is 3. The fraction of sp³-hybridized carbons (Fsp3) is 0.529. The number of ether oxygens (including phenoxy) is 3. The Bertz CT molecular complexity index is 1820. The minimum Gasteiger partial charge on any atom is -0.462 e. The van der Waals surface area contributed by atoms with Crippen LogP contribution < -0.4 is 0 Å². The third kappa shape index (κ3) is 59.4. The SMILES string of the molecule is CC/C=C\C/C=C\C/C=C\C/C=C\C/C=C\C/C=C\C/C=C\C/C=C\CCCCC(=O)OCC(COC(=O)CCCCCCCCCC)OC(=O)CCC/C=C\C/C=C\C/C=C\C/C=C\C/C=C\C/C=C\C/C=C\CC. The molecule has 6 nitrogen and oxygen atoms in total. The highest BCUT2D eigenvalue weighted by Gasteiger charge is 2.19. The van der Waals surface area contributed by atoms with Crippen molar-refractivity contribution < 1.29 is 28.6 Å². The van der Waals surface area contributed by atoms with Crippen LogP contribution in [0.15, 0.2) is 182 Å². The van der Waals surface area contributed by atoms with E-state index >= 15 is 0 Å². The van der Waals surface area contributed by atoms with Crippen molar-refractivity contribution in [2.24, 2.45) is 0 Å². The first-order valence-electron chi connectivity index (χ1n) is 29.8. The highest BCUT2D eigenvalue weighted by Crippen LogP contribution is 2.12. The molecular weight excluding hydrogens is 937 g/mol. The monoisotopic (exact) mass is 1040 g/mol. The lowest BCUT2D eigenvalue weighted by molar-refractivity contribution is -0.167. The fourth-order valence-corrected chi connectivity index (χ4v) is 7.27. The Labute approximate surface area is 465 Å². The summed E-state index contributed by atoms with van der Waals surface area (Å²) in [6, 6.07) is 0. The standard InChI is InChI=1S/C70H106O6/c1-4-7-10-13-16-19-21-23-25-27-29-31-33-34-35-36-38-39-41-43-45-47-49-51-54-57-60-63-69(72)75-66-67(65-74-68(71)62-59-56-53-18-15-12-9-6-3)76-70(73)64-61-58-55-52-50-48-46-44-42-40-37-32-30-28-26-24-22-20-17-14-11-8-5-2/h7-8,10-11,16-17,19-20,23-26,29-32,34-35,38-40,42-43,45-46,48-49,51-52,55,67H,4-6,9,12-15,18,21-22,27-28,33,36-37,41,44,47,50,53-54,56-66H2,1-3H3/b10-7-,11-8-,19-16-,20-17-,25-23-,26-24-,31-29-,32-30-,35-34-,39-38-,42-40-,45-43-,48-46-,51-49-,55-52-. The Morgan fingerprint density at radius 1 is 0.276 bits per heavy atom. The van der Waals surface area contributed by atoms with Crippen LogP contribution in [0.1, 0.15) is 220 Å². The number of hydrogen-bond acceptors (Lipinski definition) is 6. The molecule has 0 radical (unpaired) electrons. The van der Waals surface area contributed by atoms with Crippen LogP contribution in [-0.2, 0) is 28.6 Å². The van der Waals surface area contributed by atoms with Gasteiger partial charge in [0.25, 0.3) is 0 Å². The molecule has 0 N–H and O–H groups in total. The molecule has 1 atom stereocenters. The first-order chi connectivity index (χ1) is 37.5. The van der Waals surface area contributed by atoms with Gasteiger partial charge >= 0.3 is 17.9 Å². The number of esters is 3. The molecule has 0 heterocycles. The fourth-order valence-electron chi connectivity index (χ4n) is 7.27. The van der Waals surface area contributed by atoms with E-state index < -0.39 is 6.10 Å². The molecule has 0 aliphatic heterocycles. The van der Waals surface area contributed by atoms with Crippen molar-refractivity contribution in [3.8, 4) is 0 Å². The van der Waals surface area contributed by atoms with Crippen molar-refractivity contribution in [1.82, 2.24) is 0 Å². The summed E-state index contributed by atoms with van der Waals surface area (Å²) in [7, 11) is 0. The Balaban J connectivity index is 4.46. The van der Waals surface area contributed by atoms with Gasteiger partial charge in [-0.25, -0.2) is 0 Å². The van der Waals surface area contributed by atoms with Gasteiger partial charge in [0.05, 0.1) is 0 Å². The van der Waals surface area contributed by atoms with Crippen LogP contribution >= 0.6 is 0 Å². The van der Waals surface area contributed by atoms with Gasteiger partial charge in [-0.3, -0.25) is 14.4 Å².